The summed E-state index contributed by atoms with van der Waals surface area (Å²) in [5.74, 6) is -3.16. The van der Waals surface area contributed by atoms with E-state index in [-0.39, 0.29) is 36.8 Å². The number of methoxy groups -OCH3 is 1. The molecule has 0 aliphatic carbocycles. The number of carbonyl (C=O) groups excluding carboxylic acids is 2. The number of ether oxygens (including phenoxy) is 1. The Bertz CT molecular complexity index is 953. The van der Waals surface area contributed by atoms with E-state index in [4.69, 9.17) is 10.5 Å². The van der Waals surface area contributed by atoms with Gasteiger partial charge in [-0.1, -0.05) is 12.1 Å². The fourth-order valence-corrected chi connectivity index (χ4v) is 3.47. The molecule has 2 amide bonds. The van der Waals surface area contributed by atoms with Crippen molar-refractivity contribution in [2.45, 2.75) is 25.4 Å². The van der Waals surface area contributed by atoms with Crippen LogP contribution in [0.3, 0.4) is 0 Å². The largest absolute Gasteiger partial charge is 0.497 e. The van der Waals surface area contributed by atoms with Crippen LogP contribution in [0.15, 0.2) is 36.4 Å². The zero-order valence-corrected chi connectivity index (χ0v) is 17.1. The minimum Gasteiger partial charge on any atom is -0.497 e. The van der Waals surface area contributed by atoms with Crippen molar-refractivity contribution in [1.82, 2.24) is 9.80 Å². The normalized spacial score (nSPS) is 15.2. The number of hydrogen-bond acceptors (Lipinski definition) is 4. The van der Waals surface area contributed by atoms with Gasteiger partial charge in [-0.3, -0.25) is 9.59 Å². The summed E-state index contributed by atoms with van der Waals surface area (Å²) in [7, 11) is 1.58. The van der Waals surface area contributed by atoms with Crippen molar-refractivity contribution in [2.24, 2.45) is 5.73 Å². The number of rotatable bonds is 7. The fraction of sp³-hybridized carbons (Fsp3) is 0.364. The summed E-state index contributed by atoms with van der Waals surface area (Å²) in [4.78, 5) is 28.1. The van der Waals surface area contributed by atoms with Crippen molar-refractivity contribution in [3.8, 4) is 5.75 Å². The molecule has 2 aromatic carbocycles. The maximum atomic E-state index is 13.8. The van der Waals surface area contributed by atoms with Crippen LogP contribution in [0.4, 0.5) is 13.2 Å². The summed E-state index contributed by atoms with van der Waals surface area (Å²) < 4.78 is 45.3. The number of halogens is 3. The SMILES string of the molecule is COc1ccc(CN2CCN(C(=O)C[C@H](N)Cc3cc(F)c(F)cc3F)CC2=O)cc1. The molecule has 1 aliphatic heterocycles. The highest BCUT2D eigenvalue weighted by molar-refractivity contribution is 5.86. The quantitative estimate of drug-likeness (QED) is 0.677. The zero-order valence-electron chi connectivity index (χ0n) is 17.1. The Labute approximate surface area is 178 Å². The molecule has 6 nitrogen and oxygen atoms in total. The lowest BCUT2D eigenvalue weighted by atomic mass is 10.0. The summed E-state index contributed by atoms with van der Waals surface area (Å²) in [6.45, 7) is 1.09. The number of amides is 2. The molecule has 1 aliphatic rings. The number of carbonyl (C=O) groups is 2. The molecule has 0 saturated carbocycles. The van der Waals surface area contributed by atoms with Gasteiger partial charge in [-0.05, 0) is 35.7 Å². The van der Waals surface area contributed by atoms with Gasteiger partial charge in [-0.15, -0.1) is 0 Å². The van der Waals surface area contributed by atoms with Crippen molar-refractivity contribution < 1.29 is 27.5 Å². The molecule has 0 radical (unpaired) electrons. The van der Waals surface area contributed by atoms with Crippen molar-refractivity contribution in [1.29, 1.82) is 0 Å². The third kappa shape index (κ3) is 5.75. The summed E-state index contributed by atoms with van der Waals surface area (Å²) in [5.41, 5.74) is 6.77. The highest BCUT2D eigenvalue weighted by Crippen LogP contribution is 2.17. The second-order valence-corrected chi connectivity index (χ2v) is 7.50. The van der Waals surface area contributed by atoms with Crippen LogP contribution in [0, 0.1) is 17.5 Å². The van der Waals surface area contributed by atoms with E-state index in [9.17, 15) is 22.8 Å². The van der Waals surface area contributed by atoms with Crippen molar-refractivity contribution in [3.05, 3.63) is 65.0 Å². The Morgan fingerprint density at radius 3 is 2.42 bits per heavy atom. The molecule has 3 rings (SSSR count). The van der Waals surface area contributed by atoms with Gasteiger partial charge in [0.05, 0.1) is 13.7 Å². The van der Waals surface area contributed by atoms with Gasteiger partial charge in [0, 0.05) is 38.2 Å². The van der Waals surface area contributed by atoms with Gasteiger partial charge in [-0.2, -0.15) is 0 Å². The molecule has 2 aromatic rings. The topological polar surface area (TPSA) is 75.9 Å². The third-order valence-electron chi connectivity index (χ3n) is 5.21. The molecule has 166 valence electrons. The van der Waals surface area contributed by atoms with Crippen LogP contribution in [0.2, 0.25) is 0 Å². The van der Waals surface area contributed by atoms with Gasteiger partial charge >= 0.3 is 0 Å². The molecule has 1 atom stereocenters. The van der Waals surface area contributed by atoms with Crippen molar-refractivity contribution in [3.63, 3.8) is 0 Å². The molecule has 1 fully saturated rings. The standard InChI is InChI=1S/C22H24F3N3O3/c1-31-17-4-2-14(3-5-17)12-27-6-7-28(13-22(27)30)21(29)10-16(26)8-15-9-19(24)20(25)11-18(15)23/h2-5,9,11,16H,6-8,10,12-13,26H2,1H3/t16-/m1/s1. The first-order chi connectivity index (χ1) is 14.8. The van der Waals surface area contributed by atoms with Crippen LogP contribution in [-0.4, -0.2) is 54.4 Å². The molecule has 0 aromatic heterocycles. The lowest BCUT2D eigenvalue weighted by Gasteiger charge is -2.35. The Hall–Kier alpha value is -3.07. The second-order valence-electron chi connectivity index (χ2n) is 7.50. The first-order valence-corrected chi connectivity index (χ1v) is 9.84. The molecule has 2 N–H and O–H groups in total. The van der Waals surface area contributed by atoms with Crippen LogP contribution in [0.25, 0.3) is 0 Å². The zero-order chi connectivity index (χ0) is 22.5. The van der Waals surface area contributed by atoms with Crippen LogP contribution in [-0.2, 0) is 22.6 Å². The van der Waals surface area contributed by atoms with Gasteiger partial charge in [0.25, 0.3) is 0 Å². The van der Waals surface area contributed by atoms with Crippen molar-refractivity contribution in [2.75, 3.05) is 26.7 Å². The van der Waals surface area contributed by atoms with E-state index in [1.807, 2.05) is 24.3 Å². The maximum absolute atomic E-state index is 13.8. The first-order valence-electron chi connectivity index (χ1n) is 9.84. The Morgan fingerprint density at radius 2 is 1.77 bits per heavy atom. The Kier molecular flexibility index (Phi) is 7.17. The van der Waals surface area contributed by atoms with Gasteiger partial charge < -0.3 is 20.3 Å². The smallest absolute Gasteiger partial charge is 0.242 e. The predicted molar refractivity (Wildman–Crippen MR) is 108 cm³/mol. The molecule has 1 saturated heterocycles. The van der Waals surface area contributed by atoms with E-state index < -0.39 is 23.5 Å². The summed E-state index contributed by atoms with van der Waals surface area (Å²) in [6, 6.07) is 7.80. The number of hydrogen-bond donors (Lipinski definition) is 1. The minimum absolute atomic E-state index is 0.0682. The number of nitrogens with two attached hydrogens (primary N) is 1. The van der Waals surface area contributed by atoms with Crippen molar-refractivity contribution >= 4 is 11.8 Å². The van der Waals surface area contributed by atoms with Crippen LogP contribution in [0.5, 0.6) is 5.75 Å². The molecular weight excluding hydrogens is 411 g/mol. The Balaban J connectivity index is 1.51. The average molecular weight is 435 g/mol. The lowest BCUT2D eigenvalue weighted by molar-refractivity contribution is -0.145. The van der Waals surface area contributed by atoms with E-state index in [1.54, 1.807) is 12.0 Å². The number of nitrogens with zero attached hydrogens (tertiary/aromatic N) is 2. The second kappa shape index (κ2) is 9.82. The van der Waals surface area contributed by atoms with Crippen LogP contribution >= 0.6 is 0 Å². The lowest BCUT2D eigenvalue weighted by Crippen LogP contribution is -2.52. The molecule has 0 bridgehead atoms. The summed E-state index contributed by atoms with van der Waals surface area (Å²) >= 11 is 0. The highest BCUT2D eigenvalue weighted by Gasteiger charge is 2.28. The maximum Gasteiger partial charge on any atom is 0.242 e. The molecule has 31 heavy (non-hydrogen) atoms. The molecule has 0 unspecified atom stereocenters. The number of benzene rings is 2. The van der Waals surface area contributed by atoms with E-state index in [1.165, 1.54) is 4.90 Å². The summed E-state index contributed by atoms with van der Waals surface area (Å²) in [6.07, 6.45) is -0.260. The van der Waals surface area contributed by atoms with Gasteiger partial charge in [0.1, 0.15) is 11.6 Å². The minimum atomic E-state index is -1.28. The summed E-state index contributed by atoms with van der Waals surface area (Å²) in [5, 5.41) is 0. The molecule has 9 heteroatoms. The van der Waals surface area contributed by atoms with E-state index in [2.05, 4.69) is 0 Å². The first kappa shape index (κ1) is 22.6. The molecular formula is C22H24F3N3O3. The average Bonchev–Trinajstić information content (AvgIpc) is 2.74. The molecule has 0 spiro atoms. The van der Waals surface area contributed by atoms with Crippen LogP contribution < -0.4 is 10.5 Å². The van der Waals surface area contributed by atoms with Gasteiger partial charge in [0.15, 0.2) is 11.6 Å². The van der Waals surface area contributed by atoms with Crippen LogP contribution in [0.1, 0.15) is 17.5 Å². The Morgan fingerprint density at radius 1 is 1.10 bits per heavy atom. The van der Waals surface area contributed by atoms with Gasteiger partial charge in [0.2, 0.25) is 11.8 Å². The highest BCUT2D eigenvalue weighted by atomic mass is 19.2. The predicted octanol–water partition coefficient (Wildman–Crippen LogP) is 2.24. The monoisotopic (exact) mass is 435 g/mol. The van der Waals surface area contributed by atoms with E-state index >= 15 is 0 Å². The van der Waals surface area contributed by atoms with Gasteiger partial charge in [-0.25, -0.2) is 13.2 Å². The van der Waals surface area contributed by atoms with E-state index in [0.717, 1.165) is 17.4 Å². The third-order valence-corrected chi connectivity index (χ3v) is 5.21. The van der Waals surface area contributed by atoms with E-state index in [0.29, 0.717) is 25.7 Å². The fourth-order valence-electron chi connectivity index (χ4n) is 3.47. The number of piperazine rings is 1. The molecule has 1 heterocycles.